The largest absolute Gasteiger partial charge is 0.500 e. The first-order chi connectivity index (χ1) is 12.7. The number of pyridine rings is 1. The minimum absolute atomic E-state index is 0.327. The van der Waals surface area contributed by atoms with Gasteiger partial charge < -0.3 is 9.47 Å². The first-order valence-electron chi connectivity index (χ1n) is 8.81. The Hall–Kier alpha value is -2.14. The fraction of sp³-hybridized carbons (Fsp3) is 0.450. The number of carbonyl (C=O) groups excluding carboxylic acids is 1. The number of aliphatic imine (C=N–C) groups is 1. The van der Waals surface area contributed by atoms with Gasteiger partial charge in [0.05, 0.1) is 25.6 Å². The summed E-state index contributed by atoms with van der Waals surface area (Å²) in [5.41, 5.74) is 1.46. The van der Waals surface area contributed by atoms with E-state index in [4.69, 9.17) is 21.1 Å². The quantitative estimate of drug-likeness (QED) is 0.165. The lowest BCUT2D eigenvalue weighted by Crippen LogP contribution is -2.22. The van der Waals surface area contributed by atoms with Gasteiger partial charge >= 0.3 is 0 Å². The number of aldehydes is 1. The van der Waals surface area contributed by atoms with Gasteiger partial charge in [0.2, 0.25) is 5.88 Å². The van der Waals surface area contributed by atoms with E-state index in [1.807, 2.05) is 12.1 Å². The minimum atomic E-state index is 0.327. The Morgan fingerprint density at radius 3 is 2.92 bits per heavy atom. The summed E-state index contributed by atoms with van der Waals surface area (Å²) in [7, 11) is 1.51. The lowest BCUT2D eigenvalue weighted by molar-refractivity contribution is -0.104. The number of halogens is 1. The molecule has 0 radical (unpaired) electrons. The van der Waals surface area contributed by atoms with Crippen molar-refractivity contribution in [3.63, 3.8) is 0 Å². The van der Waals surface area contributed by atoms with Gasteiger partial charge in [-0.1, -0.05) is 30.5 Å². The van der Waals surface area contributed by atoms with Crippen molar-refractivity contribution in [2.45, 2.75) is 38.5 Å². The SMILES string of the molecule is C\C=N/C(=C\C(C=O)=C\OCC1CCCCC1c1cccnc1Cl)OC. The van der Waals surface area contributed by atoms with Gasteiger partial charge in [0.15, 0.2) is 6.29 Å². The van der Waals surface area contributed by atoms with E-state index in [0.717, 1.165) is 24.7 Å². The van der Waals surface area contributed by atoms with Crippen LogP contribution in [0, 0.1) is 5.92 Å². The molecule has 2 unspecified atom stereocenters. The molecule has 0 saturated heterocycles. The first-order valence-corrected chi connectivity index (χ1v) is 9.19. The molecule has 1 aromatic rings. The van der Waals surface area contributed by atoms with Crippen molar-refractivity contribution in [2.75, 3.05) is 13.7 Å². The smallest absolute Gasteiger partial charge is 0.213 e. The van der Waals surface area contributed by atoms with Gasteiger partial charge in [0.25, 0.3) is 0 Å². The molecule has 5 nitrogen and oxygen atoms in total. The van der Waals surface area contributed by atoms with E-state index < -0.39 is 0 Å². The maximum absolute atomic E-state index is 11.2. The van der Waals surface area contributed by atoms with Gasteiger partial charge in [-0.05, 0) is 43.2 Å². The van der Waals surface area contributed by atoms with Crippen LogP contribution in [0.3, 0.4) is 0 Å². The predicted octanol–water partition coefficient (Wildman–Crippen LogP) is 4.69. The van der Waals surface area contributed by atoms with Crippen molar-refractivity contribution in [3.8, 4) is 0 Å². The molecule has 1 aliphatic carbocycles. The lowest BCUT2D eigenvalue weighted by Gasteiger charge is -2.31. The molecule has 1 aromatic heterocycles. The Balaban J connectivity index is 2.06. The standard InChI is InChI=1S/C20H25ClN2O3/c1-3-22-19(25-2)11-15(12-24)13-26-14-16-7-4-5-8-17(16)18-9-6-10-23-20(18)21/h3,6,9-13,16-17H,4-5,7-8,14H2,1-2H3/b15-13-,19-11+,22-3-. The second-order valence-corrected chi connectivity index (χ2v) is 6.54. The molecule has 0 aliphatic heterocycles. The number of aromatic nitrogens is 1. The topological polar surface area (TPSA) is 60.8 Å². The van der Waals surface area contributed by atoms with Gasteiger partial charge in [-0.3, -0.25) is 4.79 Å². The van der Waals surface area contributed by atoms with Crippen LogP contribution in [0.4, 0.5) is 0 Å². The van der Waals surface area contributed by atoms with Crippen molar-refractivity contribution in [1.82, 2.24) is 4.98 Å². The van der Waals surface area contributed by atoms with E-state index in [1.54, 1.807) is 25.4 Å². The van der Waals surface area contributed by atoms with E-state index in [0.29, 0.717) is 35.1 Å². The highest BCUT2D eigenvalue weighted by Crippen LogP contribution is 2.40. The van der Waals surface area contributed by atoms with Crippen LogP contribution in [0.2, 0.25) is 5.15 Å². The van der Waals surface area contributed by atoms with Crippen molar-refractivity contribution in [3.05, 3.63) is 52.8 Å². The highest BCUT2D eigenvalue weighted by molar-refractivity contribution is 6.30. The molecule has 1 aliphatic rings. The molecular formula is C20H25ClN2O3. The van der Waals surface area contributed by atoms with Crippen molar-refractivity contribution >= 4 is 24.1 Å². The first kappa shape index (κ1) is 20.2. The minimum Gasteiger partial charge on any atom is -0.500 e. The Morgan fingerprint density at radius 2 is 2.23 bits per heavy atom. The number of hydrogen-bond donors (Lipinski definition) is 0. The highest BCUT2D eigenvalue weighted by atomic mass is 35.5. The molecule has 26 heavy (non-hydrogen) atoms. The fourth-order valence-electron chi connectivity index (χ4n) is 3.27. The molecule has 2 rings (SSSR count). The summed E-state index contributed by atoms with van der Waals surface area (Å²) in [5.74, 6) is 1.02. The van der Waals surface area contributed by atoms with Gasteiger partial charge in [-0.2, -0.15) is 0 Å². The third-order valence-electron chi connectivity index (χ3n) is 4.52. The number of hydrogen-bond acceptors (Lipinski definition) is 5. The molecule has 1 heterocycles. The zero-order valence-corrected chi connectivity index (χ0v) is 16.0. The average molecular weight is 377 g/mol. The van der Waals surface area contributed by atoms with Crippen LogP contribution >= 0.6 is 11.6 Å². The number of rotatable bonds is 8. The van der Waals surface area contributed by atoms with Crippen LogP contribution in [0.15, 0.2) is 47.1 Å². The molecule has 6 heteroatoms. The Morgan fingerprint density at radius 1 is 1.42 bits per heavy atom. The maximum Gasteiger partial charge on any atom is 0.213 e. The monoisotopic (exact) mass is 376 g/mol. The molecule has 2 atom stereocenters. The second-order valence-electron chi connectivity index (χ2n) is 6.18. The summed E-state index contributed by atoms with van der Waals surface area (Å²) in [6.07, 6.45) is 11.5. The third kappa shape index (κ3) is 5.70. The molecule has 140 valence electrons. The van der Waals surface area contributed by atoms with Crippen LogP contribution in [0.25, 0.3) is 0 Å². The van der Waals surface area contributed by atoms with Crippen LogP contribution in [0.5, 0.6) is 0 Å². The summed E-state index contributed by atoms with van der Waals surface area (Å²) in [4.78, 5) is 19.5. The lowest BCUT2D eigenvalue weighted by atomic mass is 9.76. The van der Waals surface area contributed by atoms with Crippen LogP contribution in [-0.2, 0) is 14.3 Å². The summed E-state index contributed by atoms with van der Waals surface area (Å²) in [5, 5.41) is 0.568. The molecule has 0 bridgehead atoms. The Kier molecular flexibility index (Phi) is 8.35. The summed E-state index contributed by atoms with van der Waals surface area (Å²) >= 11 is 6.29. The van der Waals surface area contributed by atoms with E-state index in [9.17, 15) is 4.79 Å². The second kappa shape index (κ2) is 10.8. The van der Waals surface area contributed by atoms with Crippen LogP contribution in [-0.4, -0.2) is 31.2 Å². The molecule has 0 N–H and O–H groups in total. The molecule has 0 amide bonds. The van der Waals surface area contributed by atoms with E-state index in [-0.39, 0.29) is 0 Å². The Labute approximate surface area is 159 Å². The number of carbonyl (C=O) groups is 1. The summed E-state index contributed by atoms with van der Waals surface area (Å²) < 4.78 is 10.8. The van der Waals surface area contributed by atoms with Crippen molar-refractivity contribution in [1.29, 1.82) is 0 Å². The van der Waals surface area contributed by atoms with Crippen LogP contribution in [0.1, 0.15) is 44.1 Å². The van der Waals surface area contributed by atoms with Crippen LogP contribution < -0.4 is 0 Å². The van der Waals surface area contributed by atoms with Crippen molar-refractivity contribution < 1.29 is 14.3 Å². The predicted molar refractivity (Wildman–Crippen MR) is 103 cm³/mol. The maximum atomic E-state index is 11.2. The van der Waals surface area contributed by atoms with Gasteiger partial charge in [0.1, 0.15) is 5.15 Å². The number of allylic oxidation sites excluding steroid dienone is 2. The number of methoxy groups -OCH3 is 1. The van der Waals surface area contributed by atoms with Gasteiger partial charge in [-0.25, -0.2) is 9.98 Å². The highest BCUT2D eigenvalue weighted by Gasteiger charge is 2.28. The molecule has 1 fully saturated rings. The molecule has 1 saturated carbocycles. The summed E-state index contributed by atoms with van der Waals surface area (Å²) in [6, 6.07) is 3.96. The normalized spacial score (nSPS) is 21.7. The number of ether oxygens (including phenoxy) is 2. The van der Waals surface area contributed by atoms with E-state index in [2.05, 4.69) is 9.98 Å². The molecule has 0 spiro atoms. The average Bonchev–Trinajstić information content (AvgIpc) is 2.67. The van der Waals surface area contributed by atoms with Gasteiger partial charge in [0, 0.05) is 18.5 Å². The number of nitrogens with zero attached hydrogens (tertiary/aromatic N) is 2. The molecular weight excluding hydrogens is 352 g/mol. The van der Waals surface area contributed by atoms with Crippen molar-refractivity contribution in [2.24, 2.45) is 10.9 Å². The zero-order chi connectivity index (χ0) is 18.8. The van der Waals surface area contributed by atoms with Gasteiger partial charge in [-0.15, -0.1) is 0 Å². The molecule has 0 aromatic carbocycles. The summed E-state index contributed by atoms with van der Waals surface area (Å²) in [6.45, 7) is 2.31. The third-order valence-corrected chi connectivity index (χ3v) is 4.83. The Bertz CT molecular complexity index is 685. The van der Waals surface area contributed by atoms with E-state index >= 15 is 0 Å². The van der Waals surface area contributed by atoms with E-state index in [1.165, 1.54) is 26.2 Å². The zero-order valence-electron chi connectivity index (χ0n) is 15.2. The fourth-order valence-corrected chi connectivity index (χ4v) is 3.53.